The number of nitriles is 1. The van der Waals surface area contributed by atoms with Crippen LogP contribution in [0.3, 0.4) is 0 Å². The summed E-state index contributed by atoms with van der Waals surface area (Å²) in [7, 11) is 0. The maximum atomic E-state index is 12.7. The van der Waals surface area contributed by atoms with Gasteiger partial charge in [0.2, 0.25) is 11.8 Å². The number of imidazole rings is 1. The maximum Gasteiger partial charge on any atom is 0.234 e. The van der Waals surface area contributed by atoms with Crippen molar-refractivity contribution in [3.05, 3.63) is 48.0 Å². The van der Waals surface area contributed by atoms with Crippen LogP contribution in [0.15, 0.2) is 41.2 Å². The van der Waals surface area contributed by atoms with Crippen LogP contribution in [0.25, 0.3) is 21.9 Å². The van der Waals surface area contributed by atoms with Gasteiger partial charge in [0.05, 0.1) is 47.6 Å². The van der Waals surface area contributed by atoms with E-state index in [1.807, 2.05) is 12.1 Å². The van der Waals surface area contributed by atoms with Crippen LogP contribution in [-0.4, -0.2) is 38.3 Å². The molecule has 156 valence electrons. The van der Waals surface area contributed by atoms with Gasteiger partial charge in [0, 0.05) is 24.1 Å². The minimum atomic E-state index is -0.247. The lowest BCUT2D eigenvalue weighted by molar-refractivity contribution is -0.115. The van der Waals surface area contributed by atoms with Crippen molar-refractivity contribution in [2.45, 2.75) is 38.3 Å². The van der Waals surface area contributed by atoms with Crippen LogP contribution in [0.4, 0.5) is 5.88 Å². The lowest BCUT2D eigenvalue weighted by Crippen LogP contribution is -2.27. The highest BCUT2D eigenvalue weighted by molar-refractivity contribution is 6.03. The molecule has 9 heteroatoms. The number of nitrogens with zero attached hydrogens (tertiary/aromatic N) is 5. The topological polar surface area (TPSA) is 119 Å². The summed E-state index contributed by atoms with van der Waals surface area (Å²) in [6.07, 6.45) is 4.99. The molecule has 0 unspecified atom stereocenters. The number of fused-ring (bicyclic) bond motifs is 3. The molecule has 0 radical (unpaired) electrons. The lowest BCUT2D eigenvalue weighted by Gasteiger charge is -2.30. The molecule has 0 aliphatic carbocycles. The maximum absolute atomic E-state index is 12.7. The predicted octanol–water partition coefficient (Wildman–Crippen LogP) is 3.37. The average molecular weight is 416 g/mol. The molecule has 3 aromatic heterocycles. The largest absolute Gasteiger partial charge is 0.378 e. The standard InChI is InChI=1S/C22H20N6O3/c1-13-8-15(5-7-30-13)28-19(10-20(29)27-21-4-6-25-31-21)26-18-12-24-17-3-2-14(11-23)9-16(17)22(18)28/h2-4,6,9,12-13,15H,5,7-8,10H2,1H3,(H,27,29)/t13-,15-/m1/s1. The Morgan fingerprint density at radius 2 is 2.26 bits per heavy atom. The first-order valence-corrected chi connectivity index (χ1v) is 10.1. The molecule has 9 nitrogen and oxygen atoms in total. The number of carbonyl (C=O) groups is 1. The van der Waals surface area contributed by atoms with E-state index in [1.54, 1.807) is 18.3 Å². The molecule has 1 fully saturated rings. The number of pyridine rings is 1. The number of amides is 1. The van der Waals surface area contributed by atoms with Gasteiger partial charge in [0.1, 0.15) is 11.3 Å². The monoisotopic (exact) mass is 416 g/mol. The number of anilines is 1. The Morgan fingerprint density at radius 1 is 1.35 bits per heavy atom. The highest BCUT2D eigenvalue weighted by Crippen LogP contribution is 2.34. The highest BCUT2D eigenvalue weighted by atomic mass is 16.5. The normalized spacial score (nSPS) is 18.8. The number of aromatic nitrogens is 4. The lowest BCUT2D eigenvalue weighted by atomic mass is 10.0. The molecule has 0 bridgehead atoms. The van der Waals surface area contributed by atoms with Crippen LogP contribution in [0.1, 0.15) is 37.2 Å². The van der Waals surface area contributed by atoms with Gasteiger partial charge in [-0.2, -0.15) is 5.26 Å². The van der Waals surface area contributed by atoms with Crippen LogP contribution in [0.2, 0.25) is 0 Å². The molecule has 2 atom stereocenters. The molecule has 4 heterocycles. The Labute approximate surface area is 177 Å². The van der Waals surface area contributed by atoms with Crippen LogP contribution in [-0.2, 0) is 16.0 Å². The van der Waals surface area contributed by atoms with E-state index in [9.17, 15) is 10.1 Å². The highest BCUT2D eigenvalue weighted by Gasteiger charge is 2.27. The zero-order valence-corrected chi connectivity index (χ0v) is 16.9. The van der Waals surface area contributed by atoms with E-state index in [0.29, 0.717) is 23.5 Å². The van der Waals surface area contributed by atoms with E-state index in [0.717, 1.165) is 29.3 Å². The van der Waals surface area contributed by atoms with Crippen LogP contribution >= 0.6 is 0 Å². The summed E-state index contributed by atoms with van der Waals surface area (Å²) in [5.41, 5.74) is 2.93. The molecule has 1 N–H and O–H groups in total. The fraction of sp³-hybridized carbons (Fsp3) is 0.318. The van der Waals surface area contributed by atoms with Gasteiger partial charge in [0.25, 0.3) is 0 Å². The summed E-state index contributed by atoms with van der Waals surface area (Å²) in [6, 6.07) is 9.34. The molecule has 0 saturated carbocycles. The Bertz CT molecular complexity index is 1300. The SMILES string of the molecule is C[C@@H]1C[C@H](n2c(CC(=O)Nc3ccno3)nc3cnc4ccc(C#N)cc4c32)CCO1. The molecule has 1 amide bonds. The van der Waals surface area contributed by atoms with Crippen molar-refractivity contribution in [3.8, 4) is 6.07 Å². The minimum Gasteiger partial charge on any atom is -0.378 e. The quantitative estimate of drug-likeness (QED) is 0.542. The Balaban J connectivity index is 1.65. The van der Waals surface area contributed by atoms with Crippen molar-refractivity contribution in [1.29, 1.82) is 5.26 Å². The van der Waals surface area contributed by atoms with Crippen LogP contribution in [0, 0.1) is 11.3 Å². The van der Waals surface area contributed by atoms with E-state index in [1.165, 1.54) is 6.20 Å². The van der Waals surface area contributed by atoms with E-state index < -0.39 is 0 Å². The van der Waals surface area contributed by atoms with Crippen LogP contribution < -0.4 is 5.32 Å². The summed E-state index contributed by atoms with van der Waals surface area (Å²) in [6.45, 7) is 2.69. The number of carbonyl (C=O) groups excluding carboxylic acids is 1. The molecular formula is C22H20N6O3. The smallest absolute Gasteiger partial charge is 0.234 e. The summed E-state index contributed by atoms with van der Waals surface area (Å²) < 4.78 is 12.9. The zero-order valence-electron chi connectivity index (χ0n) is 16.9. The molecule has 1 saturated heterocycles. The molecule has 4 aromatic rings. The Kier molecular flexibility index (Phi) is 4.84. The summed E-state index contributed by atoms with van der Waals surface area (Å²) in [5.74, 6) is 0.685. The zero-order chi connectivity index (χ0) is 21.4. The van der Waals surface area contributed by atoms with E-state index in [2.05, 4.69) is 33.0 Å². The Morgan fingerprint density at radius 3 is 3.03 bits per heavy atom. The van der Waals surface area contributed by atoms with Gasteiger partial charge in [0.15, 0.2) is 0 Å². The van der Waals surface area contributed by atoms with Crippen molar-refractivity contribution in [2.75, 3.05) is 11.9 Å². The Hall–Kier alpha value is -3.77. The van der Waals surface area contributed by atoms with Gasteiger partial charge in [-0.3, -0.25) is 15.1 Å². The molecule has 0 spiro atoms. The molecule has 1 aliphatic rings. The molecular weight excluding hydrogens is 396 g/mol. The number of hydrogen-bond acceptors (Lipinski definition) is 7. The van der Waals surface area contributed by atoms with Crippen molar-refractivity contribution in [2.24, 2.45) is 0 Å². The second-order valence-electron chi connectivity index (χ2n) is 7.70. The average Bonchev–Trinajstić information content (AvgIpc) is 3.40. The third kappa shape index (κ3) is 3.62. The first-order valence-electron chi connectivity index (χ1n) is 10.1. The van der Waals surface area contributed by atoms with Gasteiger partial charge in [-0.25, -0.2) is 4.98 Å². The molecule has 5 rings (SSSR count). The minimum absolute atomic E-state index is 0.0700. The second-order valence-corrected chi connectivity index (χ2v) is 7.70. The number of hydrogen-bond donors (Lipinski definition) is 1. The van der Waals surface area contributed by atoms with E-state index >= 15 is 0 Å². The molecule has 1 aromatic carbocycles. The van der Waals surface area contributed by atoms with Gasteiger partial charge in [-0.15, -0.1) is 0 Å². The summed E-state index contributed by atoms with van der Waals surface area (Å²) >= 11 is 0. The van der Waals surface area contributed by atoms with Gasteiger partial charge >= 0.3 is 0 Å². The predicted molar refractivity (Wildman–Crippen MR) is 112 cm³/mol. The third-order valence-corrected chi connectivity index (χ3v) is 5.56. The summed E-state index contributed by atoms with van der Waals surface area (Å²) in [4.78, 5) is 21.9. The molecule has 1 aliphatic heterocycles. The number of rotatable bonds is 4. The number of benzene rings is 1. The van der Waals surface area contributed by atoms with Crippen molar-refractivity contribution < 1.29 is 14.1 Å². The third-order valence-electron chi connectivity index (χ3n) is 5.56. The van der Waals surface area contributed by atoms with E-state index in [4.69, 9.17) is 14.2 Å². The fourth-order valence-electron chi connectivity index (χ4n) is 4.23. The first kappa shape index (κ1) is 19.2. The fourth-order valence-corrected chi connectivity index (χ4v) is 4.23. The summed E-state index contributed by atoms with van der Waals surface area (Å²) in [5, 5.41) is 16.6. The first-order chi connectivity index (χ1) is 15.1. The van der Waals surface area contributed by atoms with Crippen molar-refractivity contribution in [1.82, 2.24) is 19.7 Å². The van der Waals surface area contributed by atoms with Gasteiger partial charge in [-0.1, -0.05) is 5.16 Å². The molecule has 31 heavy (non-hydrogen) atoms. The number of ether oxygens (including phenoxy) is 1. The van der Waals surface area contributed by atoms with Gasteiger partial charge < -0.3 is 13.8 Å². The van der Waals surface area contributed by atoms with Crippen molar-refractivity contribution >= 4 is 33.7 Å². The number of nitrogens with one attached hydrogen (secondary N) is 1. The van der Waals surface area contributed by atoms with Gasteiger partial charge in [-0.05, 0) is 38.0 Å². The van der Waals surface area contributed by atoms with Crippen molar-refractivity contribution in [3.63, 3.8) is 0 Å². The van der Waals surface area contributed by atoms with E-state index in [-0.39, 0.29) is 30.4 Å². The second kappa shape index (κ2) is 7.81. The van der Waals surface area contributed by atoms with Crippen LogP contribution in [0.5, 0.6) is 0 Å².